The van der Waals surface area contributed by atoms with Crippen molar-refractivity contribution in [1.29, 1.82) is 0 Å². The summed E-state index contributed by atoms with van der Waals surface area (Å²) < 4.78 is 11.4. The molecular formula is C29H34N2O3. The second-order valence-corrected chi connectivity index (χ2v) is 9.65. The number of amides is 1. The Labute approximate surface area is 202 Å². The quantitative estimate of drug-likeness (QED) is 0.463. The Morgan fingerprint density at radius 1 is 0.912 bits per heavy atom. The van der Waals surface area contributed by atoms with Crippen molar-refractivity contribution < 1.29 is 13.9 Å². The lowest BCUT2D eigenvalue weighted by atomic mass is 9.89. The number of carbonyl (C=O) groups is 1. The van der Waals surface area contributed by atoms with E-state index in [4.69, 9.17) is 9.15 Å². The van der Waals surface area contributed by atoms with Gasteiger partial charge in [0.25, 0.3) is 5.91 Å². The van der Waals surface area contributed by atoms with E-state index < -0.39 is 0 Å². The van der Waals surface area contributed by atoms with Gasteiger partial charge in [0.2, 0.25) is 0 Å². The molecule has 5 nitrogen and oxygen atoms in total. The van der Waals surface area contributed by atoms with Gasteiger partial charge >= 0.3 is 0 Å². The maximum Gasteiger partial charge on any atom is 0.289 e. The molecule has 2 aliphatic rings. The Balaban J connectivity index is 1.06. The predicted molar refractivity (Wildman–Crippen MR) is 133 cm³/mol. The number of rotatable bonds is 7. The fourth-order valence-electron chi connectivity index (χ4n) is 5.25. The standard InChI is InChI=1S/C29H34N2O3/c32-29(28-9-5-19-33-28)31-16-4-6-24(21-31)22-34-27-12-10-23(11-13-27)20-30-17-14-26(15-18-30)25-7-2-1-3-8-25/h1-3,5,7-13,19,24,26H,4,6,14-18,20-22H2/t24-/m0/s1. The lowest BCUT2D eigenvalue weighted by molar-refractivity contribution is 0.0602. The molecule has 2 aliphatic heterocycles. The lowest BCUT2D eigenvalue weighted by Gasteiger charge is -2.32. The third-order valence-corrected chi connectivity index (χ3v) is 7.21. The minimum absolute atomic E-state index is 0.0214. The molecule has 2 aromatic carbocycles. The smallest absolute Gasteiger partial charge is 0.289 e. The van der Waals surface area contributed by atoms with Crippen LogP contribution in [-0.4, -0.2) is 48.5 Å². The fraction of sp³-hybridized carbons (Fsp3) is 0.414. The van der Waals surface area contributed by atoms with E-state index >= 15 is 0 Å². The second-order valence-electron chi connectivity index (χ2n) is 9.65. The van der Waals surface area contributed by atoms with Gasteiger partial charge < -0.3 is 14.1 Å². The highest BCUT2D eigenvalue weighted by atomic mass is 16.5. The molecule has 0 saturated carbocycles. The van der Waals surface area contributed by atoms with Crippen LogP contribution in [0.2, 0.25) is 0 Å². The van der Waals surface area contributed by atoms with Crippen LogP contribution >= 0.6 is 0 Å². The molecular weight excluding hydrogens is 424 g/mol. The molecule has 0 bridgehead atoms. The first-order valence-corrected chi connectivity index (χ1v) is 12.6. The number of likely N-dealkylation sites (tertiary alicyclic amines) is 2. The normalized spacial score (nSPS) is 19.8. The van der Waals surface area contributed by atoms with Crippen LogP contribution in [0.25, 0.3) is 0 Å². The first kappa shape index (κ1) is 22.7. The number of nitrogens with zero attached hydrogens (tertiary/aromatic N) is 2. The average Bonchev–Trinajstić information content (AvgIpc) is 3.44. The van der Waals surface area contributed by atoms with Gasteiger partial charge in [-0.1, -0.05) is 42.5 Å². The van der Waals surface area contributed by atoms with E-state index in [1.807, 2.05) is 4.90 Å². The second kappa shape index (κ2) is 10.9. The number of benzene rings is 2. The van der Waals surface area contributed by atoms with Gasteiger partial charge in [-0.15, -0.1) is 0 Å². The molecule has 0 spiro atoms. The Morgan fingerprint density at radius 3 is 2.44 bits per heavy atom. The molecule has 3 aromatic rings. The van der Waals surface area contributed by atoms with Crippen molar-refractivity contribution in [3.05, 3.63) is 89.9 Å². The summed E-state index contributed by atoms with van der Waals surface area (Å²) in [6.07, 6.45) is 6.09. The van der Waals surface area contributed by atoms with Crippen molar-refractivity contribution in [3.8, 4) is 5.75 Å². The van der Waals surface area contributed by atoms with Crippen LogP contribution in [0.15, 0.2) is 77.4 Å². The molecule has 0 aliphatic carbocycles. The molecule has 0 radical (unpaired) electrons. The van der Waals surface area contributed by atoms with Crippen LogP contribution in [0.4, 0.5) is 0 Å². The number of carbonyl (C=O) groups excluding carboxylic acids is 1. The Bertz CT molecular complexity index is 1030. The lowest BCUT2D eigenvalue weighted by Crippen LogP contribution is -2.41. The summed E-state index contributed by atoms with van der Waals surface area (Å²) in [6.45, 7) is 5.42. The summed E-state index contributed by atoms with van der Waals surface area (Å²) in [5, 5.41) is 0. The summed E-state index contributed by atoms with van der Waals surface area (Å²) in [7, 11) is 0. The molecule has 0 unspecified atom stereocenters. The van der Waals surface area contributed by atoms with Crippen LogP contribution in [0.1, 0.15) is 53.3 Å². The van der Waals surface area contributed by atoms with Crippen LogP contribution in [0.3, 0.4) is 0 Å². The molecule has 178 valence electrons. The third-order valence-electron chi connectivity index (χ3n) is 7.21. The first-order valence-electron chi connectivity index (χ1n) is 12.6. The van der Waals surface area contributed by atoms with Crippen molar-refractivity contribution in [1.82, 2.24) is 9.80 Å². The van der Waals surface area contributed by atoms with Gasteiger partial charge in [0.1, 0.15) is 5.75 Å². The van der Waals surface area contributed by atoms with E-state index in [1.54, 1.807) is 18.4 Å². The summed E-state index contributed by atoms with van der Waals surface area (Å²) >= 11 is 0. The molecule has 5 heteroatoms. The van der Waals surface area contributed by atoms with Crippen LogP contribution in [-0.2, 0) is 6.54 Å². The average molecular weight is 459 g/mol. The van der Waals surface area contributed by atoms with Crippen molar-refractivity contribution in [3.63, 3.8) is 0 Å². The first-order chi connectivity index (χ1) is 16.7. The molecule has 2 fully saturated rings. The Kier molecular flexibility index (Phi) is 7.30. The Morgan fingerprint density at radius 2 is 1.71 bits per heavy atom. The van der Waals surface area contributed by atoms with Gasteiger partial charge in [-0.2, -0.15) is 0 Å². The molecule has 1 aromatic heterocycles. The summed E-state index contributed by atoms with van der Waals surface area (Å²) in [4.78, 5) is 17.0. The van der Waals surface area contributed by atoms with E-state index in [0.29, 0.717) is 24.2 Å². The SMILES string of the molecule is O=C(c1ccco1)N1CCC[C@H](COc2ccc(CN3CCC(c4ccccc4)CC3)cc2)C1. The van der Waals surface area contributed by atoms with E-state index in [0.717, 1.165) is 51.3 Å². The molecule has 34 heavy (non-hydrogen) atoms. The van der Waals surface area contributed by atoms with E-state index in [-0.39, 0.29) is 5.91 Å². The van der Waals surface area contributed by atoms with Gasteiger partial charge in [-0.05, 0) is 80.1 Å². The molecule has 1 amide bonds. The van der Waals surface area contributed by atoms with Crippen molar-refractivity contribution in [2.45, 2.75) is 38.1 Å². The summed E-state index contributed by atoms with van der Waals surface area (Å²) in [6, 6.07) is 23.0. The number of piperidine rings is 2. The molecule has 1 atom stereocenters. The maximum absolute atomic E-state index is 12.6. The zero-order chi connectivity index (χ0) is 23.2. The largest absolute Gasteiger partial charge is 0.493 e. The van der Waals surface area contributed by atoms with Crippen molar-refractivity contribution >= 4 is 5.91 Å². The van der Waals surface area contributed by atoms with Gasteiger partial charge in [-0.25, -0.2) is 0 Å². The molecule has 2 saturated heterocycles. The topological polar surface area (TPSA) is 45.9 Å². The van der Waals surface area contributed by atoms with Gasteiger partial charge in [0, 0.05) is 25.6 Å². The van der Waals surface area contributed by atoms with Crippen LogP contribution in [0, 0.1) is 5.92 Å². The van der Waals surface area contributed by atoms with Crippen molar-refractivity contribution in [2.75, 3.05) is 32.8 Å². The number of hydrogen-bond donors (Lipinski definition) is 0. The zero-order valence-electron chi connectivity index (χ0n) is 19.8. The van der Waals surface area contributed by atoms with Crippen molar-refractivity contribution in [2.24, 2.45) is 5.92 Å². The molecule has 0 N–H and O–H groups in total. The summed E-state index contributed by atoms with van der Waals surface area (Å²) in [5.41, 5.74) is 2.81. The zero-order valence-corrected chi connectivity index (χ0v) is 19.8. The monoisotopic (exact) mass is 458 g/mol. The number of ether oxygens (including phenoxy) is 1. The predicted octanol–water partition coefficient (Wildman–Crippen LogP) is 5.59. The highest BCUT2D eigenvalue weighted by molar-refractivity contribution is 5.91. The van der Waals surface area contributed by atoms with E-state index in [1.165, 1.54) is 24.0 Å². The summed E-state index contributed by atoms with van der Waals surface area (Å²) in [5.74, 6) is 2.34. The highest BCUT2D eigenvalue weighted by Gasteiger charge is 2.26. The maximum atomic E-state index is 12.6. The van der Waals surface area contributed by atoms with Gasteiger partial charge in [-0.3, -0.25) is 9.69 Å². The van der Waals surface area contributed by atoms with Gasteiger partial charge in [0.15, 0.2) is 5.76 Å². The fourth-order valence-corrected chi connectivity index (χ4v) is 5.25. The minimum atomic E-state index is -0.0214. The van der Waals surface area contributed by atoms with E-state index in [9.17, 15) is 4.79 Å². The number of hydrogen-bond acceptors (Lipinski definition) is 4. The van der Waals surface area contributed by atoms with Gasteiger partial charge in [0.05, 0.1) is 12.9 Å². The number of furan rings is 1. The molecule has 3 heterocycles. The Hall–Kier alpha value is -3.05. The molecule has 5 rings (SSSR count). The third kappa shape index (κ3) is 5.71. The minimum Gasteiger partial charge on any atom is -0.493 e. The van der Waals surface area contributed by atoms with Crippen LogP contribution < -0.4 is 4.74 Å². The van der Waals surface area contributed by atoms with Crippen LogP contribution in [0.5, 0.6) is 5.75 Å². The van der Waals surface area contributed by atoms with E-state index in [2.05, 4.69) is 59.5 Å². The highest BCUT2D eigenvalue weighted by Crippen LogP contribution is 2.28.